The molecule has 0 aromatic heterocycles. The van der Waals surface area contributed by atoms with Crippen LogP contribution < -0.4 is 5.73 Å². The van der Waals surface area contributed by atoms with Crippen LogP contribution in [0.1, 0.15) is 12.0 Å². The van der Waals surface area contributed by atoms with Gasteiger partial charge in [0.1, 0.15) is 0 Å². The molecule has 2 N–H and O–H groups in total. The molecule has 0 saturated carbocycles. The van der Waals surface area contributed by atoms with Crippen LogP contribution in [0.4, 0.5) is 0 Å². The molecule has 0 aliphatic rings. The van der Waals surface area contributed by atoms with E-state index in [1.165, 1.54) is 17.3 Å². The predicted octanol–water partition coefficient (Wildman–Crippen LogP) is 2.30. The largest absolute Gasteiger partial charge is 0.379 e. The molecule has 3 heteroatoms. The van der Waals surface area contributed by atoms with Crippen molar-refractivity contribution in [1.82, 2.24) is 0 Å². The van der Waals surface area contributed by atoms with E-state index in [2.05, 4.69) is 29.3 Å². The van der Waals surface area contributed by atoms with Gasteiger partial charge in [-0.1, -0.05) is 42.1 Å². The Labute approximate surface area is 89.6 Å². The van der Waals surface area contributed by atoms with Crippen LogP contribution in [0.15, 0.2) is 35.3 Å². The third-order valence-electron chi connectivity index (χ3n) is 1.94. The monoisotopic (exact) mass is 208 g/mol. The Morgan fingerprint density at radius 3 is 2.71 bits per heavy atom. The zero-order valence-electron chi connectivity index (χ0n) is 8.44. The summed E-state index contributed by atoms with van der Waals surface area (Å²) in [5.74, 6) is 0. The first kappa shape index (κ1) is 11.1. The summed E-state index contributed by atoms with van der Waals surface area (Å²) in [6, 6.07) is 10.4. The van der Waals surface area contributed by atoms with Gasteiger partial charge in [0.05, 0.1) is 0 Å². The molecular weight excluding hydrogens is 192 g/mol. The second kappa shape index (κ2) is 6.49. The molecule has 1 aromatic carbocycles. The van der Waals surface area contributed by atoms with Gasteiger partial charge in [0.25, 0.3) is 0 Å². The molecule has 0 unspecified atom stereocenters. The fraction of sp³-hybridized carbons (Fsp3) is 0.364. The molecule has 0 fully saturated rings. The number of aryl methyl sites for hydroxylation is 1. The molecule has 1 rings (SSSR count). The van der Waals surface area contributed by atoms with Crippen molar-refractivity contribution in [2.75, 3.05) is 12.8 Å². The average Bonchev–Trinajstić information content (AvgIpc) is 2.25. The van der Waals surface area contributed by atoms with Crippen LogP contribution in [0.3, 0.4) is 0 Å². The van der Waals surface area contributed by atoms with Crippen molar-refractivity contribution < 1.29 is 0 Å². The number of nitrogens with zero attached hydrogens (tertiary/aromatic N) is 1. The Kier molecular flexibility index (Phi) is 5.15. The number of nitrogens with two attached hydrogens (primary N) is 1. The summed E-state index contributed by atoms with van der Waals surface area (Å²) in [7, 11) is 0. The van der Waals surface area contributed by atoms with Gasteiger partial charge < -0.3 is 5.73 Å². The first-order chi connectivity index (χ1) is 6.83. The highest BCUT2D eigenvalue weighted by molar-refractivity contribution is 8.13. The van der Waals surface area contributed by atoms with Gasteiger partial charge in [-0.2, -0.15) is 0 Å². The maximum atomic E-state index is 5.57. The Bertz CT molecular complexity index is 283. The SMILES string of the molecule is CSC(N)=NCCCc1ccccc1. The molecule has 0 atom stereocenters. The molecular formula is C11H16N2S. The van der Waals surface area contributed by atoms with E-state index in [9.17, 15) is 0 Å². The van der Waals surface area contributed by atoms with Crippen LogP contribution >= 0.6 is 11.8 Å². The van der Waals surface area contributed by atoms with Gasteiger partial charge in [0.15, 0.2) is 5.17 Å². The number of benzene rings is 1. The van der Waals surface area contributed by atoms with Crippen LogP contribution in [-0.4, -0.2) is 18.0 Å². The molecule has 14 heavy (non-hydrogen) atoms. The molecule has 0 radical (unpaired) electrons. The van der Waals surface area contributed by atoms with E-state index in [0.717, 1.165) is 19.4 Å². The van der Waals surface area contributed by atoms with Gasteiger partial charge in [-0.3, -0.25) is 4.99 Å². The highest BCUT2D eigenvalue weighted by Crippen LogP contribution is 2.02. The van der Waals surface area contributed by atoms with Gasteiger partial charge in [-0.15, -0.1) is 0 Å². The molecule has 0 aliphatic heterocycles. The molecule has 0 spiro atoms. The first-order valence-corrected chi connectivity index (χ1v) is 5.93. The summed E-state index contributed by atoms with van der Waals surface area (Å²) in [5, 5.41) is 0.679. The molecule has 1 aromatic rings. The van der Waals surface area contributed by atoms with Crippen molar-refractivity contribution in [3.8, 4) is 0 Å². The summed E-state index contributed by atoms with van der Waals surface area (Å²) in [4.78, 5) is 4.22. The second-order valence-corrected chi connectivity index (χ2v) is 3.84. The Morgan fingerprint density at radius 1 is 1.36 bits per heavy atom. The van der Waals surface area contributed by atoms with Gasteiger partial charge in [0, 0.05) is 6.54 Å². The number of rotatable bonds is 4. The summed E-state index contributed by atoms with van der Waals surface area (Å²) >= 11 is 1.50. The molecule has 2 nitrogen and oxygen atoms in total. The zero-order chi connectivity index (χ0) is 10.2. The van der Waals surface area contributed by atoms with E-state index in [1.54, 1.807) is 0 Å². The molecule has 76 valence electrons. The highest BCUT2D eigenvalue weighted by atomic mass is 32.2. The Morgan fingerprint density at radius 2 is 2.07 bits per heavy atom. The fourth-order valence-electron chi connectivity index (χ4n) is 1.18. The lowest BCUT2D eigenvalue weighted by molar-refractivity contribution is 0.834. The van der Waals surface area contributed by atoms with E-state index in [0.29, 0.717) is 5.17 Å². The number of thioether (sulfide) groups is 1. The third kappa shape index (κ3) is 4.33. The minimum absolute atomic E-state index is 0.679. The van der Waals surface area contributed by atoms with Crippen LogP contribution in [0.5, 0.6) is 0 Å². The Hall–Kier alpha value is -0.960. The van der Waals surface area contributed by atoms with Crippen molar-refractivity contribution in [3.05, 3.63) is 35.9 Å². The zero-order valence-corrected chi connectivity index (χ0v) is 9.26. The topological polar surface area (TPSA) is 38.4 Å². The van der Waals surface area contributed by atoms with Gasteiger partial charge in [-0.05, 0) is 24.7 Å². The van der Waals surface area contributed by atoms with Crippen molar-refractivity contribution in [2.24, 2.45) is 10.7 Å². The van der Waals surface area contributed by atoms with Crippen LogP contribution in [0, 0.1) is 0 Å². The minimum Gasteiger partial charge on any atom is -0.379 e. The van der Waals surface area contributed by atoms with E-state index in [1.807, 2.05) is 12.3 Å². The standard InChI is InChI=1S/C11H16N2S/c1-14-11(12)13-9-5-8-10-6-3-2-4-7-10/h2-4,6-7H,5,8-9H2,1H3,(H2,12,13). The number of aliphatic imine (C=N–C) groups is 1. The van der Waals surface area contributed by atoms with E-state index >= 15 is 0 Å². The minimum atomic E-state index is 0.679. The van der Waals surface area contributed by atoms with Crippen molar-refractivity contribution in [3.63, 3.8) is 0 Å². The predicted molar refractivity (Wildman–Crippen MR) is 64.8 cm³/mol. The van der Waals surface area contributed by atoms with Gasteiger partial charge in [-0.25, -0.2) is 0 Å². The molecule has 0 amide bonds. The van der Waals surface area contributed by atoms with Gasteiger partial charge >= 0.3 is 0 Å². The fourth-order valence-corrected chi connectivity index (χ4v) is 1.40. The number of hydrogen-bond donors (Lipinski definition) is 1. The smallest absolute Gasteiger partial charge is 0.153 e. The lowest BCUT2D eigenvalue weighted by atomic mass is 10.1. The molecule has 0 bridgehead atoms. The van der Waals surface area contributed by atoms with E-state index < -0.39 is 0 Å². The summed E-state index contributed by atoms with van der Waals surface area (Å²) < 4.78 is 0. The maximum Gasteiger partial charge on any atom is 0.153 e. The maximum absolute atomic E-state index is 5.57. The van der Waals surface area contributed by atoms with Crippen LogP contribution in [-0.2, 0) is 6.42 Å². The lowest BCUT2D eigenvalue weighted by Crippen LogP contribution is -2.06. The molecule has 0 heterocycles. The van der Waals surface area contributed by atoms with Crippen molar-refractivity contribution in [2.45, 2.75) is 12.8 Å². The summed E-state index contributed by atoms with van der Waals surface area (Å²) in [6.45, 7) is 0.821. The highest BCUT2D eigenvalue weighted by Gasteiger charge is 1.91. The third-order valence-corrected chi connectivity index (χ3v) is 2.49. The van der Waals surface area contributed by atoms with Crippen molar-refractivity contribution >= 4 is 16.9 Å². The number of amidine groups is 1. The normalized spacial score (nSPS) is 11.6. The van der Waals surface area contributed by atoms with Crippen LogP contribution in [0.25, 0.3) is 0 Å². The Balaban J connectivity index is 2.23. The lowest BCUT2D eigenvalue weighted by Gasteiger charge is -1.99. The van der Waals surface area contributed by atoms with E-state index in [-0.39, 0.29) is 0 Å². The summed E-state index contributed by atoms with van der Waals surface area (Å²) in [6.07, 6.45) is 4.08. The van der Waals surface area contributed by atoms with Gasteiger partial charge in [0.2, 0.25) is 0 Å². The quantitative estimate of drug-likeness (QED) is 0.468. The van der Waals surface area contributed by atoms with E-state index in [4.69, 9.17) is 5.73 Å². The second-order valence-electron chi connectivity index (χ2n) is 3.01. The average molecular weight is 208 g/mol. The van der Waals surface area contributed by atoms with Crippen LogP contribution in [0.2, 0.25) is 0 Å². The summed E-state index contributed by atoms with van der Waals surface area (Å²) in [5.41, 5.74) is 6.93. The van der Waals surface area contributed by atoms with Crippen molar-refractivity contribution in [1.29, 1.82) is 0 Å². The number of hydrogen-bond acceptors (Lipinski definition) is 2. The molecule has 0 saturated heterocycles. The molecule has 0 aliphatic carbocycles. The first-order valence-electron chi connectivity index (χ1n) is 4.71.